The fourth-order valence-corrected chi connectivity index (χ4v) is 5.98. The number of pyridine rings is 1. The first-order chi connectivity index (χ1) is 19.1. The lowest BCUT2D eigenvalue weighted by Gasteiger charge is -2.22. The monoisotopic (exact) mass is 560 g/mol. The molecule has 1 unspecified atom stereocenters. The molecule has 39 heavy (non-hydrogen) atoms. The Balaban J connectivity index is 1.38. The van der Waals surface area contributed by atoms with Crippen LogP contribution in [-0.4, -0.2) is 41.1 Å². The lowest BCUT2D eigenvalue weighted by molar-refractivity contribution is -0.123. The Hall–Kier alpha value is -4.02. The molecule has 0 aliphatic carbocycles. The van der Waals surface area contributed by atoms with Gasteiger partial charge in [0.2, 0.25) is 12.2 Å². The zero-order valence-corrected chi connectivity index (χ0v) is 22.6. The van der Waals surface area contributed by atoms with Crippen LogP contribution >= 0.6 is 23.4 Å². The Bertz CT molecular complexity index is 1490. The van der Waals surface area contributed by atoms with Crippen LogP contribution in [0.15, 0.2) is 65.3 Å². The quantitative estimate of drug-likeness (QED) is 0.227. The molecule has 0 saturated carbocycles. The zero-order chi connectivity index (χ0) is 27.0. The van der Waals surface area contributed by atoms with Gasteiger partial charge in [-0.25, -0.2) is 14.8 Å². The normalized spacial score (nSPS) is 14.8. The van der Waals surface area contributed by atoms with E-state index in [0.29, 0.717) is 41.6 Å². The molecule has 1 saturated heterocycles. The summed E-state index contributed by atoms with van der Waals surface area (Å²) in [6, 6.07) is 15.0. The molecular formula is C27H24N6O4S2. The Morgan fingerprint density at radius 2 is 2.10 bits per heavy atom. The molecule has 4 heterocycles. The van der Waals surface area contributed by atoms with E-state index in [4.69, 9.17) is 18.6 Å². The summed E-state index contributed by atoms with van der Waals surface area (Å²) < 4.78 is 16.8. The molecule has 1 fully saturated rings. The molecule has 5 rings (SSSR count). The van der Waals surface area contributed by atoms with Crippen molar-refractivity contribution in [3.05, 3.63) is 66.6 Å². The smallest absolute Gasteiger partial charge is 0.413 e. The molecule has 3 aromatic heterocycles. The topological polar surface area (TPSA) is 131 Å². The number of nitriles is 1. The van der Waals surface area contributed by atoms with E-state index in [0.717, 1.165) is 45.1 Å². The van der Waals surface area contributed by atoms with Crippen LogP contribution in [0.3, 0.4) is 0 Å². The number of hydrogen-bond acceptors (Lipinski definition) is 11. The van der Waals surface area contributed by atoms with Gasteiger partial charge < -0.3 is 19.0 Å². The van der Waals surface area contributed by atoms with E-state index >= 15 is 0 Å². The van der Waals surface area contributed by atoms with Gasteiger partial charge in [0.25, 0.3) is 0 Å². The number of hydrogen-bond donors (Lipinski definition) is 2. The van der Waals surface area contributed by atoms with Crippen molar-refractivity contribution < 1.29 is 18.5 Å². The molecule has 1 aromatic carbocycles. The molecule has 0 radical (unpaired) electrons. The minimum Gasteiger partial charge on any atom is -0.419 e. The predicted octanol–water partition coefficient (Wildman–Crippen LogP) is 6.61. The van der Waals surface area contributed by atoms with Crippen LogP contribution in [0.25, 0.3) is 21.7 Å². The van der Waals surface area contributed by atoms with Gasteiger partial charge in [-0.2, -0.15) is 5.26 Å². The zero-order valence-electron chi connectivity index (χ0n) is 20.9. The molecule has 1 atom stereocenters. The number of aromatic nitrogens is 3. The van der Waals surface area contributed by atoms with E-state index in [1.54, 1.807) is 50.0 Å². The largest absolute Gasteiger partial charge is 0.419 e. The Morgan fingerprint density at radius 1 is 1.21 bits per heavy atom. The maximum atomic E-state index is 12.3. The number of amides is 1. The molecule has 1 aliphatic heterocycles. The van der Waals surface area contributed by atoms with Gasteiger partial charge in [-0.15, -0.1) is 11.3 Å². The molecular weight excluding hydrogens is 536 g/mol. The number of anilines is 3. The van der Waals surface area contributed by atoms with Crippen molar-refractivity contribution in [3.63, 3.8) is 0 Å². The number of thiophene rings is 1. The second-order valence-electron chi connectivity index (χ2n) is 8.37. The molecule has 0 spiro atoms. The predicted molar refractivity (Wildman–Crippen MR) is 150 cm³/mol. The summed E-state index contributed by atoms with van der Waals surface area (Å²) in [5.74, 6) is 0.354. The summed E-state index contributed by atoms with van der Waals surface area (Å²) in [7, 11) is 1.56. The van der Waals surface area contributed by atoms with Gasteiger partial charge in [-0.05, 0) is 43.2 Å². The lowest BCUT2D eigenvalue weighted by atomic mass is 10.0. The first-order valence-electron chi connectivity index (χ1n) is 12.1. The van der Waals surface area contributed by atoms with Gasteiger partial charge in [-0.1, -0.05) is 12.1 Å². The fraction of sp³-hybridized carbons (Fsp3) is 0.222. The summed E-state index contributed by atoms with van der Waals surface area (Å²) in [5, 5.41) is 15.9. The van der Waals surface area contributed by atoms with Crippen LogP contribution in [0.2, 0.25) is 0 Å². The Kier molecular flexibility index (Phi) is 8.65. The van der Waals surface area contributed by atoms with E-state index in [9.17, 15) is 10.1 Å². The third-order valence-corrected chi connectivity index (χ3v) is 7.71. The summed E-state index contributed by atoms with van der Waals surface area (Å²) in [5.41, 5.74) is 3.92. The maximum Gasteiger partial charge on any atom is 0.413 e. The molecule has 1 amide bonds. The number of carbonyl (C=O) groups excluding carboxylic acids is 1. The van der Waals surface area contributed by atoms with E-state index < -0.39 is 12.4 Å². The minimum absolute atomic E-state index is 0.354. The van der Waals surface area contributed by atoms with Gasteiger partial charge in [-0.3, -0.25) is 10.3 Å². The summed E-state index contributed by atoms with van der Waals surface area (Å²) in [6.45, 7) is 0.593. The van der Waals surface area contributed by atoms with E-state index in [1.807, 2.05) is 18.2 Å². The Labute approximate surface area is 233 Å². The van der Waals surface area contributed by atoms with Crippen LogP contribution in [-0.2, 0) is 13.7 Å². The number of nitrogens with one attached hydrogen (secondary N) is 2. The highest BCUT2D eigenvalue weighted by Crippen LogP contribution is 2.46. The first kappa shape index (κ1) is 26.6. The second kappa shape index (κ2) is 12.7. The first-order valence-corrected chi connectivity index (χ1v) is 13.7. The third-order valence-electron chi connectivity index (χ3n) is 5.73. The summed E-state index contributed by atoms with van der Waals surface area (Å²) in [6.07, 6.45) is 6.60. The maximum absolute atomic E-state index is 12.3. The van der Waals surface area contributed by atoms with E-state index in [2.05, 4.69) is 26.7 Å². The van der Waals surface area contributed by atoms with Crippen molar-refractivity contribution in [2.75, 3.05) is 24.4 Å². The molecule has 198 valence electrons. The number of nitrogens with zero attached hydrogens (tertiary/aromatic N) is 4. The minimum atomic E-state index is -0.573. The van der Waals surface area contributed by atoms with Crippen LogP contribution < -0.4 is 10.6 Å². The molecule has 4 aromatic rings. The van der Waals surface area contributed by atoms with Crippen molar-refractivity contribution in [2.45, 2.75) is 29.8 Å². The molecule has 0 bridgehead atoms. The highest BCUT2D eigenvalue weighted by atomic mass is 32.2. The van der Waals surface area contributed by atoms with Crippen LogP contribution in [0, 0.1) is 11.3 Å². The van der Waals surface area contributed by atoms with Gasteiger partial charge >= 0.3 is 6.09 Å². The van der Waals surface area contributed by atoms with Gasteiger partial charge in [0.05, 0.1) is 29.9 Å². The second-order valence-corrected chi connectivity index (χ2v) is 10.6. The van der Waals surface area contributed by atoms with Crippen LogP contribution in [0.5, 0.6) is 0 Å². The van der Waals surface area contributed by atoms with Crippen molar-refractivity contribution in [1.82, 2.24) is 15.0 Å². The van der Waals surface area contributed by atoms with Crippen molar-refractivity contribution in [1.29, 1.82) is 5.26 Å². The Morgan fingerprint density at radius 3 is 2.87 bits per heavy atom. The molecule has 1 aliphatic rings. The number of benzene rings is 1. The summed E-state index contributed by atoms with van der Waals surface area (Å²) in [4.78, 5) is 26.4. The standard InChI is InChI=1S/C27H24N6O4S2/c1-35-39-25-20(15-28)23(17-6-5-11-29-16-17)24(38-25)21-10-12-30-26(33-21)31-18-7-4-8-19(14-18)32-27(34)37-22-9-2-3-13-36-22/h4-8,10-12,14,16,22H,2-3,9,13H2,1H3,(H,32,34)(H,30,31,33). The fourth-order valence-electron chi connectivity index (χ4n) is 4.03. The number of rotatable bonds is 8. The summed E-state index contributed by atoms with van der Waals surface area (Å²) >= 11 is 2.56. The van der Waals surface area contributed by atoms with Crippen molar-refractivity contribution in [3.8, 4) is 27.8 Å². The third kappa shape index (κ3) is 6.52. The highest BCUT2D eigenvalue weighted by Gasteiger charge is 2.23. The molecule has 2 N–H and O–H groups in total. The molecule has 10 nitrogen and oxygen atoms in total. The van der Waals surface area contributed by atoms with Crippen LogP contribution in [0.1, 0.15) is 24.8 Å². The highest BCUT2D eigenvalue weighted by molar-refractivity contribution is 7.96. The van der Waals surface area contributed by atoms with Crippen molar-refractivity contribution >= 4 is 46.8 Å². The average Bonchev–Trinajstić information content (AvgIpc) is 3.33. The van der Waals surface area contributed by atoms with Crippen molar-refractivity contribution in [2.24, 2.45) is 0 Å². The average molecular weight is 561 g/mol. The number of carbonyl (C=O) groups is 1. The van der Waals surface area contributed by atoms with E-state index in [1.165, 1.54) is 11.3 Å². The van der Waals surface area contributed by atoms with Gasteiger partial charge in [0, 0.05) is 59.6 Å². The van der Waals surface area contributed by atoms with Gasteiger partial charge in [0.15, 0.2) is 0 Å². The lowest BCUT2D eigenvalue weighted by Crippen LogP contribution is -2.27. The molecule has 12 heteroatoms. The van der Waals surface area contributed by atoms with E-state index in [-0.39, 0.29) is 0 Å². The van der Waals surface area contributed by atoms with Crippen LogP contribution in [0.4, 0.5) is 22.1 Å². The SMILES string of the molecule is COSc1sc(-c2ccnc(Nc3cccc(NC(=O)OC4CCCCO4)c3)n2)c(-c2cccnc2)c1C#N. The number of ether oxygens (including phenoxy) is 2. The van der Waals surface area contributed by atoms with Gasteiger partial charge in [0.1, 0.15) is 10.3 Å².